The maximum Gasteiger partial charge on any atom is 0.316 e. The maximum absolute atomic E-state index is 12.4. The first-order valence-electron chi connectivity index (χ1n) is 9.06. The van der Waals surface area contributed by atoms with Gasteiger partial charge in [-0.15, -0.1) is 0 Å². The second kappa shape index (κ2) is 9.65. The van der Waals surface area contributed by atoms with E-state index in [-0.39, 0.29) is 17.9 Å². The number of carbonyl (C=O) groups is 1. The standard InChI is InChI=1S/C21H20Cl2N4O3/c1-12(2)30-21-24-10-15(11-25-21)27-20(28)19(29-3)6-4-5-14-7-13-8-16(22)17(23)9-18(13)26-14/h4-12,26H,1-3H3,(H,27,28)/b5-4+,19-6-. The Morgan fingerprint density at radius 2 is 1.87 bits per heavy atom. The van der Waals surface area contributed by atoms with E-state index in [2.05, 4.69) is 20.3 Å². The predicted octanol–water partition coefficient (Wildman–Crippen LogP) is 5.23. The summed E-state index contributed by atoms with van der Waals surface area (Å²) in [4.78, 5) is 23.7. The third kappa shape index (κ3) is 5.52. The number of anilines is 1. The summed E-state index contributed by atoms with van der Waals surface area (Å²) in [5.74, 6) is -0.311. The number of carbonyl (C=O) groups excluding carboxylic acids is 1. The zero-order valence-corrected chi connectivity index (χ0v) is 18.1. The van der Waals surface area contributed by atoms with Crippen molar-refractivity contribution >= 4 is 51.8 Å². The fraction of sp³-hybridized carbons (Fsp3) is 0.190. The summed E-state index contributed by atoms with van der Waals surface area (Å²) in [5, 5.41) is 4.57. The molecule has 1 aromatic carbocycles. The average molecular weight is 447 g/mol. The number of benzene rings is 1. The Labute approximate surface area is 183 Å². The summed E-state index contributed by atoms with van der Waals surface area (Å²) in [6.07, 6.45) is 7.95. The van der Waals surface area contributed by atoms with Crippen molar-refractivity contribution in [2.75, 3.05) is 12.4 Å². The Bertz CT molecular complexity index is 1070. The number of hydrogen-bond acceptors (Lipinski definition) is 5. The molecule has 0 saturated carbocycles. The number of aromatic nitrogens is 3. The third-order valence-corrected chi connectivity index (χ3v) is 4.60. The highest BCUT2D eigenvalue weighted by atomic mass is 35.5. The molecule has 0 aliphatic heterocycles. The smallest absolute Gasteiger partial charge is 0.316 e. The second-order valence-electron chi connectivity index (χ2n) is 6.55. The summed E-state index contributed by atoms with van der Waals surface area (Å²) < 4.78 is 10.6. The second-order valence-corrected chi connectivity index (χ2v) is 7.36. The molecule has 7 nitrogen and oxygen atoms in total. The predicted molar refractivity (Wildman–Crippen MR) is 119 cm³/mol. The first kappa shape index (κ1) is 21.7. The van der Waals surface area contributed by atoms with E-state index in [1.54, 1.807) is 30.4 Å². The minimum absolute atomic E-state index is 0.0357. The van der Waals surface area contributed by atoms with Crippen molar-refractivity contribution in [1.82, 2.24) is 15.0 Å². The molecule has 0 aliphatic carbocycles. The Morgan fingerprint density at radius 3 is 2.53 bits per heavy atom. The lowest BCUT2D eigenvalue weighted by atomic mass is 10.2. The number of aromatic amines is 1. The number of fused-ring (bicyclic) bond motifs is 1. The summed E-state index contributed by atoms with van der Waals surface area (Å²) in [7, 11) is 1.42. The van der Waals surface area contributed by atoms with Crippen LogP contribution in [0.25, 0.3) is 17.0 Å². The number of nitrogens with zero attached hydrogens (tertiary/aromatic N) is 2. The molecule has 0 radical (unpaired) electrons. The Kier molecular flexibility index (Phi) is 6.97. The van der Waals surface area contributed by atoms with E-state index in [4.69, 9.17) is 32.7 Å². The molecular weight excluding hydrogens is 427 g/mol. The Hall–Kier alpha value is -3.03. The van der Waals surface area contributed by atoms with Crippen molar-refractivity contribution < 1.29 is 14.3 Å². The van der Waals surface area contributed by atoms with Crippen LogP contribution in [0.3, 0.4) is 0 Å². The molecule has 0 spiro atoms. The fourth-order valence-corrected chi connectivity index (χ4v) is 2.90. The quantitative estimate of drug-likeness (QED) is 0.294. The number of amides is 1. The highest BCUT2D eigenvalue weighted by molar-refractivity contribution is 6.42. The van der Waals surface area contributed by atoms with Gasteiger partial charge in [-0.2, -0.15) is 0 Å². The van der Waals surface area contributed by atoms with Crippen LogP contribution in [0.4, 0.5) is 5.69 Å². The maximum atomic E-state index is 12.4. The first-order chi connectivity index (χ1) is 14.4. The summed E-state index contributed by atoms with van der Waals surface area (Å²) in [6, 6.07) is 5.72. The number of rotatable bonds is 7. The molecule has 3 rings (SSSR count). The third-order valence-electron chi connectivity index (χ3n) is 3.88. The zero-order chi connectivity index (χ0) is 21.7. The molecule has 156 valence electrons. The highest BCUT2D eigenvalue weighted by Gasteiger charge is 2.10. The van der Waals surface area contributed by atoms with E-state index in [0.717, 1.165) is 16.6 Å². The number of hydrogen-bond donors (Lipinski definition) is 2. The monoisotopic (exact) mass is 446 g/mol. The van der Waals surface area contributed by atoms with Crippen LogP contribution in [0, 0.1) is 0 Å². The van der Waals surface area contributed by atoms with E-state index in [0.29, 0.717) is 15.7 Å². The fourth-order valence-electron chi connectivity index (χ4n) is 2.56. The van der Waals surface area contributed by atoms with Gasteiger partial charge in [0.1, 0.15) is 0 Å². The van der Waals surface area contributed by atoms with Crippen LogP contribution in [0.5, 0.6) is 6.01 Å². The lowest BCUT2D eigenvalue weighted by molar-refractivity contribution is -0.115. The van der Waals surface area contributed by atoms with E-state index >= 15 is 0 Å². The van der Waals surface area contributed by atoms with Crippen LogP contribution in [-0.2, 0) is 9.53 Å². The zero-order valence-electron chi connectivity index (χ0n) is 16.6. The molecule has 1 amide bonds. The highest BCUT2D eigenvalue weighted by Crippen LogP contribution is 2.28. The average Bonchev–Trinajstić information content (AvgIpc) is 3.08. The number of methoxy groups -OCH3 is 1. The van der Waals surface area contributed by atoms with Crippen molar-refractivity contribution in [3.8, 4) is 6.01 Å². The van der Waals surface area contributed by atoms with Gasteiger partial charge < -0.3 is 19.8 Å². The van der Waals surface area contributed by atoms with E-state index < -0.39 is 5.91 Å². The van der Waals surface area contributed by atoms with Crippen molar-refractivity contribution in [3.63, 3.8) is 0 Å². The Balaban J connectivity index is 1.68. The van der Waals surface area contributed by atoms with Gasteiger partial charge in [0, 0.05) is 16.6 Å². The van der Waals surface area contributed by atoms with Gasteiger partial charge in [-0.25, -0.2) is 9.97 Å². The topological polar surface area (TPSA) is 89.1 Å². The molecule has 0 saturated heterocycles. The number of H-pyrrole nitrogens is 1. The molecule has 2 N–H and O–H groups in total. The minimum atomic E-state index is -0.432. The normalized spacial score (nSPS) is 12.0. The summed E-state index contributed by atoms with van der Waals surface area (Å²) in [6.45, 7) is 3.75. The summed E-state index contributed by atoms with van der Waals surface area (Å²) in [5.41, 5.74) is 2.11. The van der Waals surface area contributed by atoms with Gasteiger partial charge >= 0.3 is 6.01 Å². The molecule has 0 aliphatic rings. The molecule has 2 aromatic heterocycles. The molecule has 9 heteroatoms. The SMILES string of the molecule is CO/C(=C\C=C\c1cc2cc(Cl)c(Cl)cc2[nH]1)C(=O)Nc1cnc(OC(C)C)nc1. The van der Waals surface area contributed by atoms with Crippen molar-refractivity contribution in [2.45, 2.75) is 20.0 Å². The van der Waals surface area contributed by atoms with Crippen LogP contribution >= 0.6 is 23.2 Å². The van der Waals surface area contributed by atoms with Gasteiger partial charge in [0.15, 0.2) is 5.76 Å². The minimum Gasteiger partial charge on any atom is -0.491 e. The van der Waals surface area contributed by atoms with E-state index in [1.807, 2.05) is 19.9 Å². The van der Waals surface area contributed by atoms with Gasteiger partial charge in [0.25, 0.3) is 5.91 Å². The Morgan fingerprint density at radius 1 is 1.17 bits per heavy atom. The molecule has 0 atom stereocenters. The number of ether oxygens (including phenoxy) is 2. The van der Waals surface area contributed by atoms with Crippen molar-refractivity contribution in [3.05, 3.63) is 64.2 Å². The van der Waals surface area contributed by atoms with Crippen molar-refractivity contribution in [2.24, 2.45) is 0 Å². The molecule has 0 unspecified atom stereocenters. The van der Waals surface area contributed by atoms with E-state index in [1.165, 1.54) is 19.5 Å². The van der Waals surface area contributed by atoms with Gasteiger partial charge in [-0.05, 0) is 44.2 Å². The molecule has 3 aromatic rings. The first-order valence-corrected chi connectivity index (χ1v) is 9.81. The molecule has 2 heterocycles. The van der Waals surface area contributed by atoms with E-state index in [9.17, 15) is 4.79 Å². The van der Waals surface area contributed by atoms with Crippen LogP contribution < -0.4 is 10.1 Å². The van der Waals surface area contributed by atoms with Crippen LogP contribution in [0.15, 0.2) is 48.5 Å². The lowest BCUT2D eigenvalue weighted by Gasteiger charge is -2.09. The van der Waals surface area contributed by atoms with Crippen LogP contribution in [-0.4, -0.2) is 34.1 Å². The molecule has 0 bridgehead atoms. The number of allylic oxidation sites excluding steroid dienone is 2. The van der Waals surface area contributed by atoms with Crippen molar-refractivity contribution in [1.29, 1.82) is 0 Å². The van der Waals surface area contributed by atoms with Crippen LogP contribution in [0.1, 0.15) is 19.5 Å². The summed E-state index contributed by atoms with van der Waals surface area (Å²) >= 11 is 12.1. The molecule has 30 heavy (non-hydrogen) atoms. The number of nitrogens with one attached hydrogen (secondary N) is 2. The molecule has 0 fully saturated rings. The van der Waals surface area contributed by atoms with Crippen LogP contribution in [0.2, 0.25) is 10.0 Å². The van der Waals surface area contributed by atoms with Gasteiger partial charge in [-0.1, -0.05) is 29.3 Å². The van der Waals surface area contributed by atoms with Gasteiger partial charge in [0.2, 0.25) is 0 Å². The van der Waals surface area contributed by atoms with Gasteiger partial charge in [-0.3, -0.25) is 4.79 Å². The number of halogens is 2. The largest absolute Gasteiger partial charge is 0.491 e. The lowest BCUT2D eigenvalue weighted by Crippen LogP contribution is -2.16. The molecular formula is C21H20Cl2N4O3. The van der Waals surface area contributed by atoms with Gasteiger partial charge in [0.05, 0.1) is 41.3 Å².